The Labute approximate surface area is 129 Å². The first kappa shape index (κ1) is 14.7. The first-order valence-corrected chi connectivity index (χ1v) is 7.51. The van der Waals surface area contributed by atoms with Gasteiger partial charge in [-0.2, -0.15) is 4.98 Å². The summed E-state index contributed by atoms with van der Waals surface area (Å²) in [7, 11) is 0. The molecule has 1 fully saturated rings. The van der Waals surface area contributed by atoms with Crippen molar-refractivity contribution in [3.63, 3.8) is 0 Å². The van der Waals surface area contributed by atoms with Gasteiger partial charge >= 0.3 is 6.09 Å². The summed E-state index contributed by atoms with van der Waals surface area (Å²) < 4.78 is 11.2. The number of piperazine rings is 1. The zero-order valence-corrected chi connectivity index (χ0v) is 13.2. The fourth-order valence-corrected chi connectivity index (χ4v) is 2.40. The fraction of sp³-hybridized carbons (Fsp3) is 0.500. The Morgan fingerprint density at radius 1 is 1.18 bits per heavy atom. The summed E-state index contributed by atoms with van der Waals surface area (Å²) in [6.07, 6.45) is -0.260. The standard InChI is InChI=1S/C16H21N3O3/c1-16(2,3)22-15(20)19-10-8-18(9-11-19)14-17-12-6-4-5-7-13(12)21-14/h4-7H,8-11H2,1-3H3. The van der Waals surface area contributed by atoms with Crippen LogP contribution in [0.5, 0.6) is 0 Å². The minimum Gasteiger partial charge on any atom is -0.444 e. The van der Waals surface area contributed by atoms with Crippen molar-refractivity contribution >= 4 is 23.2 Å². The van der Waals surface area contributed by atoms with Crippen molar-refractivity contribution in [2.24, 2.45) is 0 Å². The van der Waals surface area contributed by atoms with Gasteiger partial charge in [-0.3, -0.25) is 0 Å². The van der Waals surface area contributed by atoms with Gasteiger partial charge in [-0.25, -0.2) is 4.79 Å². The predicted molar refractivity (Wildman–Crippen MR) is 84.0 cm³/mol. The molecule has 0 aliphatic carbocycles. The van der Waals surface area contributed by atoms with E-state index in [0.717, 1.165) is 11.1 Å². The Balaban J connectivity index is 1.63. The number of hydrogen-bond donors (Lipinski definition) is 0. The van der Waals surface area contributed by atoms with Crippen molar-refractivity contribution in [3.05, 3.63) is 24.3 Å². The van der Waals surface area contributed by atoms with E-state index in [1.807, 2.05) is 45.0 Å². The number of benzene rings is 1. The van der Waals surface area contributed by atoms with Crippen molar-refractivity contribution in [2.75, 3.05) is 31.1 Å². The van der Waals surface area contributed by atoms with Crippen LogP contribution in [0.1, 0.15) is 20.8 Å². The average molecular weight is 303 g/mol. The van der Waals surface area contributed by atoms with E-state index in [2.05, 4.69) is 9.88 Å². The summed E-state index contributed by atoms with van der Waals surface area (Å²) in [6.45, 7) is 8.21. The van der Waals surface area contributed by atoms with Crippen molar-refractivity contribution in [2.45, 2.75) is 26.4 Å². The summed E-state index contributed by atoms with van der Waals surface area (Å²) in [6, 6.07) is 8.32. The van der Waals surface area contributed by atoms with Crippen LogP contribution in [-0.4, -0.2) is 47.8 Å². The van der Waals surface area contributed by atoms with Crippen LogP contribution >= 0.6 is 0 Å². The minimum atomic E-state index is -0.464. The molecule has 0 atom stereocenters. The first-order valence-electron chi connectivity index (χ1n) is 7.51. The highest BCUT2D eigenvalue weighted by molar-refractivity contribution is 5.74. The van der Waals surface area contributed by atoms with Crippen molar-refractivity contribution < 1.29 is 13.9 Å². The Hall–Kier alpha value is -2.24. The third-order valence-corrected chi connectivity index (χ3v) is 3.48. The van der Waals surface area contributed by atoms with Crippen LogP contribution in [0.15, 0.2) is 28.7 Å². The number of oxazole rings is 1. The topological polar surface area (TPSA) is 58.8 Å². The number of amides is 1. The van der Waals surface area contributed by atoms with Gasteiger partial charge in [0.05, 0.1) is 0 Å². The van der Waals surface area contributed by atoms with Crippen molar-refractivity contribution in [1.82, 2.24) is 9.88 Å². The maximum absolute atomic E-state index is 12.0. The first-order chi connectivity index (χ1) is 10.4. The highest BCUT2D eigenvalue weighted by Crippen LogP contribution is 2.22. The van der Waals surface area contributed by atoms with Crippen LogP contribution in [0.4, 0.5) is 10.8 Å². The molecular formula is C16H21N3O3. The summed E-state index contributed by atoms with van der Waals surface area (Å²) >= 11 is 0. The van der Waals surface area contributed by atoms with Gasteiger partial charge in [-0.1, -0.05) is 12.1 Å². The molecule has 1 aromatic carbocycles. The number of para-hydroxylation sites is 2. The SMILES string of the molecule is CC(C)(C)OC(=O)N1CCN(c2nc3ccccc3o2)CC1. The van der Waals surface area contributed by atoms with Crippen LogP contribution in [0.2, 0.25) is 0 Å². The van der Waals surface area contributed by atoms with Gasteiger partial charge in [0, 0.05) is 26.2 Å². The summed E-state index contributed by atoms with van der Waals surface area (Å²) in [5.74, 6) is 0. The third-order valence-electron chi connectivity index (χ3n) is 3.48. The van der Waals surface area contributed by atoms with Gasteiger partial charge < -0.3 is 19.0 Å². The van der Waals surface area contributed by atoms with E-state index in [1.54, 1.807) is 4.90 Å². The number of anilines is 1. The molecule has 0 saturated carbocycles. The predicted octanol–water partition coefficient (Wildman–Crippen LogP) is 2.88. The summed E-state index contributed by atoms with van der Waals surface area (Å²) in [5, 5.41) is 0. The molecule has 2 heterocycles. The number of nitrogens with zero attached hydrogens (tertiary/aromatic N) is 3. The van der Waals surface area contributed by atoms with Crippen LogP contribution in [0.25, 0.3) is 11.1 Å². The molecule has 1 aromatic heterocycles. The summed E-state index contributed by atoms with van der Waals surface area (Å²) in [4.78, 5) is 20.3. The molecular weight excluding hydrogens is 282 g/mol. The Kier molecular flexibility index (Phi) is 3.68. The molecule has 0 N–H and O–H groups in total. The quantitative estimate of drug-likeness (QED) is 0.810. The van der Waals surface area contributed by atoms with E-state index < -0.39 is 5.60 Å². The zero-order valence-electron chi connectivity index (χ0n) is 13.2. The number of hydrogen-bond acceptors (Lipinski definition) is 5. The number of ether oxygens (including phenoxy) is 1. The lowest BCUT2D eigenvalue weighted by Gasteiger charge is -2.34. The molecule has 6 nitrogen and oxygen atoms in total. The molecule has 0 bridgehead atoms. The van der Waals surface area contributed by atoms with Crippen molar-refractivity contribution in [1.29, 1.82) is 0 Å². The van der Waals surface area contributed by atoms with Crippen LogP contribution in [0.3, 0.4) is 0 Å². The number of aromatic nitrogens is 1. The lowest BCUT2D eigenvalue weighted by atomic mass is 10.2. The molecule has 118 valence electrons. The average Bonchev–Trinajstić information content (AvgIpc) is 2.89. The Morgan fingerprint density at radius 2 is 1.86 bits per heavy atom. The second kappa shape index (κ2) is 5.51. The van der Waals surface area contributed by atoms with Crippen LogP contribution in [-0.2, 0) is 4.74 Å². The molecule has 1 saturated heterocycles. The van der Waals surface area contributed by atoms with Crippen LogP contribution in [0, 0.1) is 0 Å². The van der Waals surface area contributed by atoms with Crippen LogP contribution < -0.4 is 4.90 Å². The molecule has 0 radical (unpaired) electrons. The lowest BCUT2D eigenvalue weighted by molar-refractivity contribution is 0.0239. The Bertz CT molecular complexity index is 634. The summed E-state index contributed by atoms with van der Waals surface area (Å²) in [5.41, 5.74) is 1.17. The zero-order chi connectivity index (χ0) is 15.7. The highest BCUT2D eigenvalue weighted by atomic mass is 16.6. The molecule has 1 aliphatic rings. The molecule has 22 heavy (non-hydrogen) atoms. The number of carbonyl (C=O) groups excluding carboxylic acids is 1. The van der Waals surface area contributed by atoms with E-state index in [-0.39, 0.29) is 6.09 Å². The second-order valence-corrected chi connectivity index (χ2v) is 6.42. The molecule has 6 heteroatoms. The number of carbonyl (C=O) groups is 1. The fourth-order valence-electron chi connectivity index (χ4n) is 2.40. The van der Waals surface area contributed by atoms with E-state index >= 15 is 0 Å². The monoisotopic (exact) mass is 303 g/mol. The van der Waals surface area contributed by atoms with Gasteiger partial charge in [0.1, 0.15) is 11.1 Å². The van der Waals surface area contributed by atoms with E-state index in [1.165, 1.54) is 0 Å². The molecule has 2 aromatic rings. The lowest BCUT2D eigenvalue weighted by Crippen LogP contribution is -2.50. The molecule has 0 spiro atoms. The van der Waals surface area contributed by atoms with Gasteiger partial charge in [0.2, 0.25) is 0 Å². The molecule has 0 unspecified atom stereocenters. The Morgan fingerprint density at radius 3 is 2.50 bits per heavy atom. The largest absolute Gasteiger partial charge is 0.444 e. The number of rotatable bonds is 1. The van der Waals surface area contributed by atoms with Gasteiger partial charge in [0.25, 0.3) is 6.01 Å². The van der Waals surface area contributed by atoms with E-state index in [0.29, 0.717) is 32.2 Å². The smallest absolute Gasteiger partial charge is 0.410 e. The maximum atomic E-state index is 12.0. The third kappa shape index (κ3) is 3.16. The van der Waals surface area contributed by atoms with Gasteiger partial charge in [0.15, 0.2) is 5.58 Å². The molecule has 1 aliphatic heterocycles. The minimum absolute atomic E-state index is 0.260. The molecule has 3 rings (SSSR count). The van der Waals surface area contributed by atoms with E-state index in [4.69, 9.17) is 9.15 Å². The maximum Gasteiger partial charge on any atom is 0.410 e. The number of fused-ring (bicyclic) bond motifs is 1. The molecule has 1 amide bonds. The normalized spacial score (nSPS) is 16.1. The van der Waals surface area contributed by atoms with Crippen molar-refractivity contribution in [3.8, 4) is 0 Å². The van der Waals surface area contributed by atoms with Gasteiger partial charge in [-0.05, 0) is 32.9 Å². The van der Waals surface area contributed by atoms with Gasteiger partial charge in [-0.15, -0.1) is 0 Å². The highest BCUT2D eigenvalue weighted by Gasteiger charge is 2.27. The van der Waals surface area contributed by atoms with E-state index in [9.17, 15) is 4.79 Å². The second-order valence-electron chi connectivity index (χ2n) is 6.42.